The van der Waals surface area contributed by atoms with Gasteiger partial charge in [-0.1, -0.05) is 15.9 Å². The normalized spacial score (nSPS) is 13.2. The lowest BCUT2D eigenvalue weighted by molar-refractivity contribution is 0.182. The van der Waals surface area contributed by atoms with Gasteiger partial charge >= 0.3 is 0 Å². The molecule has 1 aromatic carbocycles. The molecule has 0 amide bonds. The molecule has 0 saturated heterocycles. The molecule has 114 valence electrons. The van der Waals surface area contributed by atoms with Crippen LogP contribution < -0.4 is 9.46 Å². The van der Waals surface area contributed by atoms with Crippen molar-refractivity contribution < 1.29 is 18.3 Å². The van der Waals surface area contributed by atoms with Crippen LogP contribution in [0.2, 0.25) is 0 Å². The zero-order chi connectivity index (χ0) is 15.2. The summed E-state index contributed by atoms with van der Waals surface area (Å²) in [7, 11) is -3.62. The Bertz CT molecular complexity index is 531. The van der Waals surface area contributed by atoms with Gasteiger partial charge in [0.1, 0.15) is 10.6 Å². The van der Waals surface area contributed by atoms with Crippen LogP contribution in [0.15, 0.2) is 27.6 Å². The predicted octanol–water partition coefficient (Wildman–Crippen LogP) is 2.29. The van der Waals surface area contributed by atoms with E-state index in [1.54, 1.807) is 26.0 Å². The molecule has 0 aliphatic carbocycles. The van der Waals surface area contributed by atoms with Crippen LogP contribution in [0.3, 0.4) is 0 Å². The van der Waals surface area contributed by atoms with E-state index in [0.717, 1.165) is 0 Å². The van der Waals surface area contributed by atoms with Crippen LogP contribution in [0.4, 0.5) is 0 Å². The maximum atomic E-state index is 12.3. The number of nitrogens with one attached hydrogen (secondary N) is 1. The van der Waals surface area contributed by atoms with Gasteiger partial charge in [0.15, 0.2) is 0 Å². The van der Waals surface area contributed by atoms with Crippen molar-refractivity contribution in [3.8, 4) is 5.75 Å². The van der Waals surface area contributed by atoms with Crippen LogP contribution in [-0.4, -0.2) is 32.8 Å². The number of rotatable bonds is 8. The van der Waals surface area contributed by atoms with Gasteiger partial charge in [-0.05, 0) is 44.9 Å². The number of hydrogen-bond donors (Lipinski definition) is 2. The lowest BCUT2D eigenvalue weighted by Gasteiger charge is -2.12. The van der Waals surface area contributed by atoms with Crippen molar-refractivity contribution in [2.24, 2.45) is 0 Å². The molecule has 1 rings (SSSR count). The second-order valence-electron chi connectivity index (χ2n) is 4.41. The van der Waals surface area contributed by atoms with E-state index >= 15 is 0 Å². The van der Waals surface area contributed by atoms with Gasteiger partial charge in [0.25, 0.3) is 0 Å². The average molecular weight is 366 g/mol. The third-order valence-electron chi connectivity index (χ3n) is 2.59. The van der Waals surface area contributed by atoms with Crippen LogP contribution in [0.5, 0.6) is 5.75 Å². The monoisotopic (exact) mass is 365 g/mol. The van der Waals surface area contributed by atoms with Crippen molar-refractivity contribution >= 4 is 26.0 Å². The van der Waals surface area contributed by atoms with Gasteiger partial charge in [0.05, 0.1) is 12.7 Å². The van der Waals surface area contributed by atoms with Gasteiger partial charge in [0.2, 0.25) is 10.0 Å². The number of benzene rings is 1. The first-order valence-electron chi connectivity index (χ1n) is 6.47. The Morgan fingerprint density at radius 2 is 2.15 bits per heavy atom. The Balaban J connectivity index is 2.83. The number of aliphatic hydroxyl groups is 1. The fourth-order valence-corrected chi connectivity index (χ4v) is 3.40. The smallest absolute Gasteiger partial charge is 0.244 e. The van der Waals surface area contributed by atoms with Crippen LogP contribution in [0, 0.1) is 0 Å². The Hall–Kier alpha value is -0.630. The molecule has 0 fully saturated rings. The molecule has 7 heteroatoms. The summed E-state index contributed by atoms with van der Waals surface area (Å²) >= 11 is 3.26. The zero-order valence-corrected chi connectivity index (χ0v) is 14.0. The van der Waals surface area contributed by atoms with Crippen molar-refractivity contribution in [2.75, 3.05) is 13.2 Å². The first kappa shape index (κ1) is 17.4. The highest BCUT2D eigenvalue weighted by Crippen LogP contribution is 2.27. The highest BCUT2D eigenvalue weighted by Gasteiger charge is 2.19. The number of sulfonamides is 1. The molecule has 0 aliphatic heterocycles. The molecule has 1 aromatic rings. The lowest BCUT2D eigenvalue weighted by atomic mass is 10.2. The molecule has 2 N–H and O–H groups in total. The van der Waals surface area contributed by atoms with E-state index in [-0.39, 0.29) is 11.4 Å². The Labute approximate surface area is 128 Å². The molecule has 1 unspecified atom stereocenters. The number of aliphatic hydroxyl groups excluding tert-OH is 1. The maximum absolute atomic E-state index is 12.3. The van der Waals surface area contributed by atoms with E-state index in [0.29, 0.717) is 29.7 Å². The number of hydrogen-bond acceptors (Lipinski definition) is 4. The van der Waals surface area contributed by atoms with Gasteiger partial charge in [-0.15, -0.1) is 0 Å². The lowest BCUT2D eigenvalue weighted by Crippen LogP contribution is -2.26. The van der Waals surface area contributed by atoms with Gasteiger partial charge in [0, 0.05) is 11.0 Å². The summed E-state index contributed by atoms with van der Waals surface area (Å²) in [4.78, 5) is 0.116. The van der Waals surface area contributed by atoms with E-state index in [1.165, 1.54) is 6.07 Å². The number of ether oxygens (including phenoxy) is 1. The molecule has 0 radical (unpaired) electrons. The molecule has 0 heterocycles. The minimum atomic E-state index is -3.62. The number of halogens is 1. The Morgan fingerprint density at radius 3 is 2.75 bits per heavy atom. The first-order valence-corrected chi connectivity index (χ1v) is 8.74. The Morgan fingerprint density at radius 1 is 1.45 bits per heavy atom. The van der Waals surface area contributed by atoms with E-state index < -0.39 is 16.1 Å². The van der Waals surface area contributed by atoms with Crippen molar-refractivity contribution in [1.29, 1.82) is 0 Å². The van der Waals surface area contributed by atoms with Crippen molar-refractivity contribution in [2.45, 2.75) is 37.7 Å². The second kappa shape index (κ2) is 7.97. The molecule has 0 aliphatic rings. The van der Waals surface area contributed by atoms with Gasteiger partial charge in [-0.3, -0.25) is 0 Å². The third-order valence-corrected chi connectivity index (χ3v) is 4.56. The van der Waals surface area contributed by atoms with Crippen LogP contribution >= 0.6 is 15.9 Å². The summed E-state index contributed by atoms with van der Waals surface area (Å²) in [6.45, 7) is 4.15. The average Bonchev–Trinajstić information content (AvgIpc) is 2.37. The predicted molar refractivity (Wildman–Crippen MR) is 81.4 cm³/mol. The Kier molecular flexibility index (Phi) is 6.94. The highest BCUT2D eigenvalue weighted by molar-refractivity contribution is 9.10. The molecule has 0 aromatic heterocycles. The summed E-state index contributed by atoms with van der Waals surface area (Å²) in [6.07, 6.45) is 0.707. The SMILES string of the molecule is CCOc1ccc(Br)cc1S(=O)(=O)NCCCC(C)O. The first-order chi connectivity index (χ1) is 9.36. The molecular formula is C13H20BrNO4S. The molecule has 0 spiro atoms. The standard InChI is InChI=1S/C13H20BrNO4S/c1-3-19-12-7-6-11(14)9-13(12)20(17,18)15-8-4-5-10(2)16/h6-7,9-10,15-16H,3-5,8H2,1-2H3. The van der Waals surface area contributed by atoms with Crippen molar-refractivity contribution in [3.05, 3.63) is 22.7 Å². The maximum Gasteiger partial charge on any atom is 0.244 e. The fourth-order valence-electron chi connectivity index (χ4n) is 1.65. The van der Waals surface area contributed by atoms with E-state index in [1.807, 2.05) is 0 Å². The highest BCUT2D eigenvalue weighted by atomic mass is 79.9. The zero-order valence-electron chi connectivity index (χ0n) is 11.6. The van der Waals surface area contributed by atoms with E-state index in [2.05, 4.69) is 20.7 Å². The van der Waals surface area contributed by atoms with Crippen LogP contribution in [-0.2, 0) is 10.0 Å². The van der Waals surface area contributed by atoms with Gasteiger partial charge in [-0.2, -0.15) is 0 Å². The minimum absolute atomic E-state index is 0.116. The van der Waals surface area contributed by atoms with Crippen molar-refractivity contribution in [3.63, 3.8) is 0 Å². The molecule has 0 bridgehead atoms. The molecule has 0 saturated carbocycles. The molecule has 1 atom stereocenters. The van der Waals surface area contributed by atoms with Crippen molar-refractivity contribution in [1.82, 2.24) is 4.72 Å². The van der Waals surface area contributed by atoms with Gasteiger partial charge < -0.3 is 9.84 Å². The molecule has 20 heavy (non-hydrogen) atoms. The fraction of sp³-hybridized carbons (Fsp3) is 0.538. The summed E-state index contributed by atoms with van der Waals surface area (Å²) < 4.78 is 33.0. The van der Waals surface area contributed by atoms with E-state index in [9.17, 15) is 8.42 Å². The summed E-state index contributed by atoms with van der Waals surface area (Å²) in [5.41, 5.74) is 0. The largest absolute Gasteiger partial charge is 0.492 e. The third kappa shape index (κ3) is 5.40. The van der Waals surface area contributed by atoms with Crippen LogP contribution in [0.1, 0.15) is 26.7 Å². The van der Waals surface area contributed by atoms with E-state index in [4.69, 9.17) is 9.84 Å². The summed E-state index contributed by atoms with van der Waals surface area (Å²) in [5.74, 6) is 0.332. The molecule has 5 nitrogen and oxygen atoms in total. The summed E-state index contributed by atoms with van der Waals surface area (Å²) in [6, 6.07) is 4.87. The summed E-state index contributed by atoms with van der Waals surface area (Å²) in [5, 5.41) is 9.15. The van der Waals surface area contributed by atoms with Gasteiger partial charge in [-0.25, -0.2) is 13.1 Å². The quantitative estimate of drug-likeness (QED) is 0.693. The minimum Gasteiger partial charge on any atom is -0.492 e. The van der Waals surface area contributed by atoms with Crippen LogP contribution in [0.25, 0.3) is 0 Å². The topological polar surface area (TPSA) is 75.6 Å². The molecular weight excluding hydrogens is 346 g/mol. The second-order valence-corrected chi connectivity index (χ2v) is 7.06.